The van der Waals surface area contributed by atoms with E-state index in [1.54, 1.807) is 30.0 Å². The number of ether oxygens (including phenoxy) is 1. The van der Waals surface area contributed by atoms with Crippen LogP contribution in [0.4, 0.5) is 0 Å². The lowest BCUT2D eigenvalue weighted by molar-refractivity contribution is -0.142. The van der Waals surface area contributed by atoms with E-state index in [4.69, 9.17) is 27.9 Å². The Morgan fingerprint density at radius 2 is 1.90 bits per heavy atom. The molecule has 7 heteroatoms. The van der Waals surface area contributed by atoms with Crippen LogP contribution in [0.15, 0.2) is 42.5 Å². The van der Waals surface area contributed by atoms with Crippen molar-refractivity contribution in [2.75, 3.05) is 6.61 Å². The predicted octanol–water partition coefficient (Wildman–Crippen LogP) is 5.16. The second kappa shape index (κ2) is 10.9. The number of hydrogen-bond acceptors (Lipinski definition) is 3. The number of amides is 2. The van der Waals surface area contributed by atoms with Crippen molar-refractivity contribution in [2.45, 2.75) is 58.2 Å². The van der Waals surface area contributed by atoms with E-state index >= 15 is 0 Å². The van der Waals surface area contributed by atoms with Gasteiger partial charge < -0.3 is 15.0 Å². The SMILES string of the molecule is Cc1cccc(CN(C(=O)COc2ccc(Cl)cc2Cl)[C@@H](C)C(=O)NC2CCCC2)c1. The zero-order valence-corrected chi connectivity index (χ0v) is 19.4. The van der Waals surface area contributed by atoms with E-state index in [9.17, 15) is 9.59 Å². The molecule has 0 aromatic heterocycles. The van der Waals surface area contributed by atoms with E-state index in [1.165, 1.54) is 0 Å². The fourth-order valence-electron chi connectivity index (χ4n) is 3.80. The van der Waals surface area contributed by atoms with Crippen LogP contribution in [0.3, 0.4) is 0 Å². The molecule has 1 fully saturated rings. The monoisotopic (exact) mass is 462 g/mol. The summed E-state index contributed by atoms with van der Waals surface area (Å²) in [4.78, 5) is 27.6. The molecule has 1 aliphatic rings. The molecule has 166 valence electrons. The molecule has 1 N–H and O–H groups in total. The highest BCUT2D eigenvalue weighted by molar-refractivity contribution is 6.35. The molecule has 0 bridgehead atoms. The van der Waals surface area contributed by atoms with Gasteiger partial charge >= 0.3 is 0 Å². The Balaban J connectivity index is 1.73. The molecule has 2 aromatic carbocycles. The minimum absolute atomic E-state index is 0.141. The summed E-state index contributed by atoms with van der Waals surface area (Å²) >= 11 is 12.1. The number of aryl methyl sites for hydroxylation is 1. The number of hydrogen-bond donors (Lipinski definition) is 1. The zero-order chi connectivity index (χ0) is 22.4. The van der Waals surface area contributed by atoms with Crippen LogP contribution in [0, 0.1) is 6.92 Å². The van der Waals surface area contributed by atoms with Gasteiger partial charge in [0.15, 0.2) is 6.61 Å². The maximum absolute atomic E-state index is 13.1. The first kappa shape index (κ1) is 23.4. The highest BCUT2D eigenvalue weighted by Gasteiger charge is 2.28. The molecule has 0 heterocycles. The van der Waals surface area contributed by atoms with Gasteiger partial charge in [-0.1, -0.05) is 65.9 Å². The molecule has 0 saturated heterocycles. The van der Waals surface area contributed by atoms with Gasteiger partial charge in [0.25, 0.3) is 5.91 Å². The van der Waals surface area contributed by atoms with Gasteiger partial charge in [0, 0.05) is 17.6 Å². The first-order valence-corrected chi connectivity index (χ1v) is 11.3. The summed E-state index contributed by atoms with van der Waals surface area (Å²) < 4.78 is 5.65. The van der Waals surface area contributed by atoms with Crippen molar-refractivity contribution in [1.82, 2.24) is 10.2 Å². The molecule has 2 amide bonds. The number of nitrogens with zero attached hydrogens (tertiary/aromatic N) is 1. The number of rotatable bonds is 8. The Bertz CT molecular complexity index is 929. The molecule has 31 heavy (non-hydrogen) atoms. The second-order valence-corrected chi connectivity index (χ2v) is 8.88. The van der Waals surface area contributed by atoms with Gasteiger partial charge in [-0.25, -0.2) is 0 Å². The van der Waals surface area contributed by atoms with Crippen molar-refractivity contribution in [1.29, 1.82) is 0 Å². The van der Waals surface area contributed by atoms with Crippen LogP contribution in [0.2, 0.25) is 10.0 Å². The summed E-state index contributed by atoms with van der Waals surface area (Å²) in [7, 11) is 0. The highest BCUT2D eigenvalue weighted by atomic mass is 35.5. The number of nitrogens with one attached hydrogen (secondary N) is 1. The fraction of sp³-hybridized carbons (Fsp3) is 0.417. The molecule has 0 aliphatic heterocycles. The van der Waals surface area contributed by atoms with Crippen LogP contribution in [0.1, 0.15) is 43.7 Å². The topological polar surface area (TPSA) is 58.6 Å². The Morgan fingerprint density at radius 1 is 1.16 bits per heavy atom. The largest absolute Gasteiger partial charge is 0.482 e. The number of carbonyl (C=O) groups is 2. The van der Waals surface area contributed by atoms with Crippen LogP contribution in [0.25, 0.3) is 0 Å². The first-order valence-electron chi connectivity index (χ1n) is 10.6. The van der Waals surface area contributed by atoms with Crippen molar-refractivity contribution < 1.29 is 14.3 Å². The van der Waals surface area contributed by atoms with Crippen molar-refractivity contribution in [3.05, 3.63) is 63.6 Å². The van der Waals surface area contributed by atoms with Crippen LogP contribution in [-0.2, 0) is 16.1 Å². The lowest BCUT2D eigenvalue weighted by Crippen LogP contribution is -2.50. The van der Waals surface area contributed by atoms with E-state index < -0.39 is 6.04 Å². The summed E-state index contributed by atoms with van der Waals surface area (Å²) in [5, 5.41) is 3.91. The van der Waals surface area contributed by atoms with Crippen LogP contribution in [-0.4, -0.2) is 35.4 Å². The van der Waals surface area contributed by atoms with E-state index in [0.717, 1.165) is 36.8 Å². The summed E-state index contributed by atoms with van der Waals surface area (Å²) in [6.07, 6.45) is 4.23. The van der Waals surface area contributed by atoms with E-state index in [0.29, 0.717) is 22.3 Å². The quantitative estimate of drug-likeness (QED) is 0.589. The van der Waals surface area contributed by atoms with Crippen molar-refractivity contribution in [3.63, 3.8) is 0 Å². The zero-order valence-electron chi connectivity index (χ0n) is 17.9. The molecule has 1 saturated carbocycles. The molecule has 0 radical (unpaired) electrons. The molecule has 3 rings (SSSR count). The average Bonchev–Trinajstić information content (AvgIpc) is 3.23. The molecule has 2 aromatic rings. The molecule has 1 atom stereocenters. The van der Waals surface area contributed by atoms with Gasteiger partial charge in [-0.2, -0.15) is 0 Å². The number of benzene rings is 2. The minimum atomic E-state index is -0.627. The maximum Gasteiger partial charge on any atom is 0.261 e. The number of halogens is 2. The summed E-state index contributed by atoms with van der Waals surface area (Å²) in [6, 6.07) is 12.3. The van der Waals surface area contributed by atoms with Gasteiger partial charge in [0.1, 0.15) is 11.8 Å². The summed E-state index contributed by atoms with van der Waals surface area (Å²) in [6.45, 7) is 3.84. The molecular formula is C24H28Cl2N2O3. The van der Waals surface area contributed by atoms with Crippen LogP contribution >= 0.6 is 23.2 Å². The average molecular weight is 463 g/mol. The Morgan fingerprint density at radius 3 is 2.58 bits per heavy atom. The van der Waals surface area contributed by atoms with Crippen molar-refractivity contribution in [2.24, 2.45) is 0 Å². The van der Waals surface area contributed by atoms with Gasteiger partial charge in [0.2, 0.25) is 5.91 Å². The van der Waals surface area contributed by atoms with E-state index in [2.05, 4.69) is 5.32 Å². The highest BCUT2D eigenvalue weighted by Crippen LogP contribution is 2.27. The van der Waals surface area contributed by atoms with E-state index in [1.807, 2.05) is 31.2 Å². The molecule has 5 nitrogen and oxygen atoms in total. The molecule has 0 spiro atoms. The Labute approximate surface area is 193 Å². The lowest BCUT2D eigenvalue weighted by Gasteiger charge is -2.29. The third-order valence-corrected chi connectivity index (χ3v) is 6.08. The first-order chi connectivity index (χ1) is 14.8. The smallest absolute Gasteiger partial charge is 0.261 e. The van der Waals surface area contributed by atoms with Crippen LogP contribution < -0.4 is 10.1 Å². The van der Waals surface area contributed by atoms with Gasteiger partial charge in [0.05, 0.1) is 5.02 Å². The minimum Gasteiger partial charge on any atom is -0.482 e. The third kappa shape index (κ3) is 6.62. The normalized spacial score (nSPS) is 14.8. The fourth-order valence-corrected chi connectivity index (χ4v) is 4.26. The molecule has 0 unspecified atom stereocenters. The van der Waals surface area contributed by atoms with Gasteiger partial charge in [-0.3, -0.25) is 9.59 Å². The lowest BCUT2D eigenvalue weighted by atomic mass is 10.1. The van der Waals surface area contributed by atoms with Crippen LogP contribution in [0.5, 0.6) is 5.75 Å². The summed E-state index contributed by atoms with van der Waals surface area (Å²) in [5.74, 6) is -0.0583. The Kier molecular flexibility index (Phi) is 8.22. The van der Waals surface area contributed by atoms with E-state index in [-0.39, 0.29) is 24.5 Å². The standard InChI is InChI=1S/C24H28Cl2N2O3/c1-16-6-5-7-18(12-16)14-28(17(2)24(30)27-20-8-3-4-9-20)23(29)15-31-22-11-10-19(25)13-21(22)26/h5-7,10-13,17,20H,3-4,8-9,14-15H2,1-2H3,(H,27,30)/t17-/m0/s1. The van der Waals surface area contributed by atoms with Gasteiger partial charge in [-0.15, -0.1) is 0 Å². The third-order valence-electron chi connectivity index (χ3n) is 5.55. The number of carbonyl (C=O) groups excluding carboxylic acids is 2. The summed E-state index contributed by atoms with van der Waals surface area (Å²) in [5.41, 5.74) is 2.05. The molecule has 1 aliphatic carbocycles. The Hall–Kier alpha value is -2.24. The van der Waals surface area contributed by atoms with Gasteiger partial charge in [-0.05, 0) is 50.5 Å². The van der Waals surface area contributed by atoms with Crippen molar-refractivity contribution in [3.8, 4) is 5.75 Å². The molecular weight excluding hydrogens is 435 g/mol. The maximum atomic E-state index is 13.1. The van der Waals surface area contributed by atoms with Crippen molar-refractivity contribution >= 4 is 35.0 Å². The second-order valence-electron chi connectivity index (χ2n) is 8.04. The predicted molar refractivity (Wildman–Crippen MR) is 124 cm³/mol.